The second kappa shape index (κ2) is 8.31. The third kappa shape index (κ3) is 3.82. The van der Waals surface area contributed by atoms with E-state index in [-0.39, 0.29) is 31.3 Å². The van der Waals surface area contributed by atoms with Gasteiger partial charge in [0.25, 0.3) is 0 Å². The highest BCUT2D eigenvalue weighted by Gasteiger charge is 2.28. The summed E-state index contributed by atoms with van der Waals surface area (Å²) in [5.74, 6) is 0.291. The van der Waals surface area contributed by atoms with Crippen LogP contribution in [0.25, 0.3) is 10.9 Å². The zero-order valence-corrected chi connectivity index (χ0v) is 17.3. The molecule has 3 heterocycles. The Bertz CT molecular complexity index is 978. The van der Waals surface area contributed by atoms with Crippen LogP contribution in [0.15, 0.2) is 18.2 Å². The molecule has 10 nitrogen and oxygen atoms in total. The molecule has 4 rings (SSSR count). The molecule has 0 radical (unpaired) electrons. The van der Waals surface area contributed by atoms with Gasteiger partial charge in [0.15, 0.2) is 5.82 Å². The summed E-state index contributed by atoms with van der Waals surface area (Å²) < 4.78 is 1.70. The van der Waals surface area contributed by atoms with Crippen LogP contribution < -0.4 is 15.5 Å². The Labute approximate surface area is 174 Å². The fourth-order valence-corrected chi connectivity index (χ4v) is 4.02. The van der Waals surface area contributed by atoms with E-state index in [1.165, 1.54) is 4.90 Å². The van der Waals surface area contributed by atoms with Crippen LogP contribution >= 0.6 is 0 Å². The zero-order chi connectivity index (χ0) is 21.3. The molecule has 2 N–H and O–H groups in total. The molecule has 2 fully saturated rings. The molecule has 10 heteroatoms. The molecule has 1 aromatic carbocycles. The van der Waals surface area contributed by atoms with Gasteiger partial charge in [-0.2, -0.15) is 5.10 Å². The Morgan fingerprint density at radius 3 is 2.63 bits per heavy atom. The number of hydrogen-bond acceptors (Lipinski definition) is 6. The van der Waals surface area contributed by atoms with Gasteiger partial charge in [-0.1, -0.05) is 13.0 Å². The lowest BCUT2D eigenvalue weighted by Gasteiger charge is -2.34. The van der Waals surface area contributed by atoms with Crippen molar-refractivity contribution in [1.29, 1.82) is 0 Å². The number of aryl methyl sites for hydroxylation is 1. The van der Waals surface area contributed by atoms with E-state index in [0.29, 0.717) is 5.82 Å². The molecule has 0 aliphatic carbocycles. The third-order valence-electron chi connectivity index (χ3n) is 5.76. The van der Waals surface area contributed by atoms with Crippen LogP contribution in [-0.4, -0.2) is 83.2 Å². The molecule has 0 unspecified atom stereocenters. The lowest BCUT2D eigenvalue weighted by atomic mass is 10.2. The van der Waals surface area contributed by atoms with Crippen LogP contribution in [0.5, 0.6) is 0 Å². The van der Waals surface area contributed by atoms with E-state index in [0.717, 1.165) is 49.3 Å². The summed E-state index contributed by atoms with van der Waals surface area (Å²) in [7, 11) is 1.80. The Morgan fingerprint density at radius 1 is 1.17 bits per heavy atom. The second-order valence-corrected chi connectivity index (χ2v) is 7.57. The minimum atomic E-state index is -0.467. The van der Waals surface area contributed by atoms with Gasteiger partial charge < -0.3 is 15.1 Å². The van der Waals surface area contributed by atoms with Crippen molar-refractivity contribution in [2.75, 3.05) is 56.0 Å². The standard InChI is InChI=1S/C20H27N7O3/c1-3-25-9-11-26(12-10-25)17(29)13-21-15-6-4-5-14-18(15)24(2)23-19(14)27-8-7-16(28)22-20(27)30/h4-6,21H,3,7-13H2,1-2H3,(H,22,28,30). The lowest BCUT2D eigenvalue weighted by Crippen LogP contribution is -2.49. The molecule has 160 valence electrons. The van der Waals surface area contributed by atoms with Crippen molar-refractivity contribution in [1.82, 2.24) is 24.9 Å². The summed E-state index contributed by atoms with van der Waals surface area (Å²) in [6.45, 7) is 6.93. The number of rotatable bonds is 5. The van der Waals surface area contributed by atoms with Crippen LogP contribution in [0, 0.1) is 0 Å². The lowest BCUT2D eigenvalue weighted by molar-refractivity contribution is -0.131. The number of nitrogens with zero attached hydrogens (tertiary/aromatic N) is 5. The van der Waals surface area contributed by atoms with Crippen molar-refractivity contribution in [3.8, 4) is 0 Å². The van der Waals surface area contributed by atoms with Gasteiger partial charge in [-0.25, -0.2) is 4.79 Å². The molecule has 1 aromatic heterocycles. The van der Waals surface area contributed by atoms with Crippen LogP contribution in [0.1, 0.15) is 13.3 Å². The first-order valence-corrected chi connectivity index (χ1v) is 10.3. The van der Waals surface area contributed by atoms with Gasteiger partial charge in [0.1, 0.15) is 0 Å². The average Bonchev–Trinajstić information content (AvgIpc) is 3.09. The van der Waals surface area contributed by atoms with Gasteiger partial charge in [0, 0.05) is 51.6 Å². The topological polar surface area (TPSA) is 103 Å². The van der Waals surface area contributed by atoms with Gasteiger partial charge in [-0.15, -0.1) is 0 Å². The maximum atomic E-state index is 12.6. The largest absolute Gasteiger partial charge is 0.374 e. The number of urea groups is 1. The minimum Gasteiger partial charge on any atom is -0.374 e. The second-order valence-electron chi connectivity index (χ2n) is 7.57. The Hall–Kier alpha value is -3.14. The van der Waals surface area contributed by atoms with Crippen molar-refractivity contribution >= 4 is 40.3 Å². The Balaban J connectivity index is 1.50. The van der Waals surface area contributed by atoms with Crippen molar-refractivity contribution in [3.05, 3.63) is 18.2 Å². The van der Waals surface area contributed by atoms with Crippen LogP contribution in [0.4, 0.5) is 16.3 Å². The summed E-state index contributed by atoms with van der Waals surface area (Å²) in [5, 5.41) is 10.9. The van der Waals surface area contributed by atoms with E-state index >= 15 is 0 Å². The predicted octanol–water partition coefficient (Wildman–Crippen LogP) is 0.596. The number of carbonyl (C=O) groups is 3. The number of carbonyl (C=O) groups excluding carboxylic acids is 3. The maximum Gasteiger partial charge on any atom is 0.329 e. The van der Waals surface area contributed by atoms with Gasteiger partial charge >= 0.3 is 6.03 Å². The number of fused-ring (bicyclic) bond motifs is 1. The smallest absolute Gasteiger partial charge is 0.329 e. The first kappa shape index (κ1) is 20.1. The Morgan fingerprint density at radius 2 is 1.93 bits per heavy atom. The third-order valence-corrected chi connectivity index (χ3v) is 5.76. The number of likely N-dealkylation sites (N-methyl/N-ethyl adjacent to an activating group) is 1. The number of aromatic nitrogens is 2. The van der Waals surface area contributed by atoms with Gasteiger partial charge in [0.05, 0.1) is 17.7 Å². The number of para-hydroxylation sites is 1. The predicted molar refractivity (Wildman–Crippen MR) is 113 cm³/mol. The van der Waals surface area contributed by atoms with Gasteiger partial charge in [-0.3, -0.25) is 24.5 Å². The fourth-order valence-electron chi connectivity index (χ4n) is 4.02. The van der Waals surface area contributed by atoms with E-state index in [4.69, 9.17) is 0 Å². The summed E-state index contributed by atoms with van der Waals surface area (Å²) in [4.78, 5) is 42.1. The first-order chi connectivity index (χ1) is 14.5. The number of benzene rings is 1. The highest BCUT2D eigenvalue weighted by Crippen LogP contribution is 2.31. The van der Waals surface area contributed by atoms with E-state index in [9.17, 15) is 14.4 Å². The monoisotopic (exact) mass is 413 g/mol. The van der Waals surface area contributed by atoms with Crippen molar-refractivity contribution in [3.63, 3.8) is 0 Å². The number of nitrogens with one attached hydrogen (secondary N) is 2. The molecule has 2 aliphatic rings. The van der Waals surface area contributed by atoms with Crippen LogP contribution in [-0.2, 0) is 16.6 Å². The highest BCUT2D eigenvalue weighted by atomic mass is 16.2. The molecule has 2 saturated heterocycles. The Kier molecular flexibility index (Phi) is 5.58. The molecular formula is C20H27N7O3. The molecule has 0 spiro atoms. The SMILES string of the molecule is CCN1CCN(C(=O)CNc2cccc3c(N4CCC(=O)NC4=O)nn(C)c23)CC1. The molecule has 4 amide bonds. The first-order valence-electron chi connectivity index (χ1n) is 10.3. The van der Waals surface area contributed by atoms with Gasteiger partial charge in [0.2, 0.25) is 11.8 Å². The van der Waals surface area contributed by atoms with Crippen molar-refractivity contribution in [2.24, 2.45) is 7.05 Å². The quantitative estimate of drug-likeness (QED) is 0.744. The molecular weight excluding hydrogens is 386 g/mol. The highest BCUT2D eigenvalue weighted by molar-refractivity contribution is 6.10. The normalized spacial score (nSPS) is 18.1. The van der Waals surface area contributed by atoms with Crippen LogP contribution in [0.3, 0.4) is 0 Å². The molecule has 0 atom stereocenters. The van der Waals surface area contributed by atoms with Crippen molar-refractivity contribution < 1.29 is 14.4 Å². The molecule has 0 saturated carbocycles. The molecule has 0 bridgehead atoms. The number of hydrogen-bond donors (Lipinski definition) is 2. The minimum absolute atomic E-state index is 0.0686. The molecule has 30 heavy (non-hydrogen) atoms. The molecule has 2 aliphatic heterocycles. The summed E-state index contributed by atoms with van der Waals surface area (Å²) >= 11 is 0. The fraction of sp³-hybridized carbons (Fsp3) is 0.500. The average molecular weight is 413 g/mol. The van der Waals surface area contributed by atoms with E-state index in [2.05, 4.69) is 27.6 Å². The summed E-state index contributed by atoms with van der Waals surface area (Å²) in [6.07, 6.45) is 0.238. The number of piperazine rings is 1. The number of anilines is 2. The van der Waals surface area contributed by atoms with Crippen LogP contribution in [0.2, 0.25) is 0 Å². The van der Waals surface area contributed by atoms with E-state index in [1.54, 1.807) is 11.7 Å². The molecule has 2 aromatic rings. The summed E-state index contributed by atoms with van der Waals surface area (Å²) in [5.41, 5.74) is 1.59. The van der Waals surface area contributed by atoms with Gasteiger partial charge in [-0.05, 0) is 18.7 Å². The zero-order valence-electron chi connectivity index (χ0n) is 17.3. The van der Waals surface area contributed by atoms with Crippen molar-refractivity contribution in [2.45, 2.75) is 13.3 Å². The maximum absolute atomic E-state index is 12.6. The van der Waals surface area contributed by atoms with E-state index in [1.807, 2.05) is 23.1 Å². The number of amides is 4. The summed E-state index contributed by atoms with van der Waals surface area (Å²) in [6, 6.07) is 5.19. The number of imide groups is 1. The van der Waals surface area contributed by atoms with E-state index < -0.39 is 6.03 Å².